The molecular weight excluding hydrogens is 260 g/mol. The molecule has 6 heteroatoms. The fourth-order valence-corrected chi connectivity index (χ4v) is 2.65. The van der Waals surface area contributed by atoms with Crippen molar-refractivity contribution < 1.29 is 4.79 Å². The van der Waals surface area contributed by atoms with Gasteiger partial charge in [0.05, 0.1) is 16.8 Å². The van der Waals surface area contributed by atoms with E-state index in [4.69, 9.17) is 0 Å². The van der Waals surface area contributed by atoms with Gasteiger partial charge in [-0.05, 0) is 12.1 Å². The average Bonchev–Trinajstić information content (AvgIpc) is 3.01. The van der Waals surface area contributed by atoms with Crippen molar-refractivity contribution in [3.8, 4) is 0 Å². The molecule has 2 aromatic heterocycles. The van der Waals surface area contributed by atoms with Gasteiger partial charge in [-0.1, -0.05) is 12.1 Å². The first-order chi connectivity index (χ1) is 9.24. The SMILES string of the molecule is Cn1ccnc1CNC(=O)c1nc2ccccc2s1. The Hall–Kier alpha value is -2.21. The average molecular weight is 272 g/mol. The Bertz CT molecular complexity index is 698. The Labute approximate surface area is 113 Å². The molecule has 19 heavy (non-hydrogen) atoms. The van der Waals surface area contributed by atoms with Gasteiger partial charge < -0.3 is 9.88 Å². The van der Waals surface area contributed by atoms with Gasteiger partial charge >= 0.3 is 0 Å². The summed E-state index contributed by atoms with van der Waals surface area (Å²) in [5.41, 5.74) is 0.856. The van der Waals surface area contributed by atoms with Gasteiger partial charge in [0.15, 0.2) is 5.01 Å². The first-order valence-electron chi connectivity index (χ1n) is 5.84. The summed E-state index contributed by atoms with van der Waals surface area (Å²) in [6, 6.07) is 7.72. The summed E-state index contributed by atoms with van der Waals surface area (Å²) in [7, 11) is 1.90. The molecule has 1 amide bonds. The van der Waals surface area contributed by atoms with E-state index in [-0.39, 0.29) is 5.91 Å². The Morgan fingerprint density at radius 2 is 2.26 bits per heavy atom. The van der Waals surface area contributed by atoms with Gasteiger partial charge in [0.25, 0.3) is 5.91 Å². The molecule has 0 bridgehead atoms. The van der Waals surface area contributed by atoms with Crippen molar-refractivity contribution in [1.82, 2.24) is 19.9 Å². The first-order valence-corrected chi connectivity index (χ1v) is 6.65. The fraction of sp³-hybridized carbons (Fsp3) is 0.154. The number of hydrogen-bond donors (Lipinski definition) is 1. The summed E-state index contributed by atoms with van der Waals surface area (Å²) in [5, 5.41) is 3.31. The van der Waals surface area contributed by atoms with Crippen LogP contribution in [0.15, 0.2) is 36.7 Å². The van der Waals surface area contributed by atoms with Crippen LogP contribution in [0.5, 0.6) is 0 Å². The molecule has 5 nitrogen and oxygen atoms in total. The van der Waals surface area contributed by atoms with Crippen LogP contribution < -0.4 is 5.32 Å². The van der Waals surface area contributed by atoms with Crippen LogP contribution in [0.2, 0.25) is 0 Å². The van der Waals surface area contributed by atoms with Crippen LogP contribution in [-0.4, -0.2) is 20.4 Å². The molecule has 0 aliphatic carbocycles. The molecule has 0 saturated carbocycles. The summed E-state index contributed by atoms with van der Waals surface area (Å²) in [6.07, 6.45) is 3.55. The van der Waals surface area contributed by atoms with Crippen molar-refractivity contribution in [3.63, 3.8) is 0 Å². The van der Waals surface area contributed by atoms with Gasteiger partial charge in [-0.3, -0.25) is 4.79 Å². The van der Waals surface area contributed by atoms with Gasteiger partial charge in [-0.25, -0.2) is 9.97 Å². The van der Waals surface area contributed by atoms with E-state index in [0.29, 0.717) is 11.6 Å². The highest BCUT2D eigenvalue weighted by atomic mass is 32.1. The highest BCUT2D eigenvalue weighted by molar-refractivity contribution is 7.20. The molecule has 0 saturated heterocycles. The van der Waals surface area contributed by atoms with Crippen molar-refractivity contribution >= 4 is 27.5 Å². The summed E-state index contributed by atoms with van der Waals surface area (Å²) in [4.78, 5) is 20.5. The molecule has 3 rings (SSSR count). The van der Waals surface area contributed by atoms with E-state index >= 15 is 0 Å². The normalized spacial score (nSPS) is 10.8. The van der Waals surface area contributed by atoms with E-state index in [1.54, 1.807) is 6.20 Å². The molecule has 0 atom stereocenters. The van der Waals surface area contributed by atoms with Gasteiger partial charge in [0.1, 0.15) is 5.82 Å². The third-order valence-corrected chi connectivity index (χ3v) is 3.85. The Kier molecular flexibility index (Phi) is 3.00. The number of para-hydroxylation sites is 1. The number of benzene rings is 1. The summed E-state index contributed by atoms with van der Waals surface area (Å²) < 4.78 is 2.89. The minimum absolute atomic E-state index is 0.163. The fourth-order valence-electron chi connectivity index (χ4n) is 1.77. The predicted octanol–water partition coefficient (Wildman–Crippen LogP) is 1.96. The van der Waals surface area contributed by atoms with Gasteiger partial charge in [-0.15, -0.1) is 11.3 Å². The molecule has 1 aromatic carbocycles. The van der Waals surface area contributed by atoms with E-state index < -0.39 is 0 Å². The Balaban J connectivity index is 1.75. The number of aromatic nitrogens is 3. The lowest BCUT2D eigenvalue weighted by Gasteiger charge is -2.02. The van der Waals surface area contributed by atoms with Crippen LogP contribution >= 0.6 is 11.3 Å². The number of fused-ring (bicyclic) bond motifs is 1. The van der Waals surface area contributed by atoms with Crippen LogP contribution in [0.1, 0.15) is 15.6 Å². The largest absolute Gasteiger partial charge is 0.343 e. The number of carbonyl (C=O) groups excluding carboxylic acids is 1. The van der Waals surface area contributed by atoms with Crippen molar-refractivity contribution in [2.75, 3.05) is 0 Å². The van der Waals surface area contributed by atoms with E-state index in [1.807, 2.05) is 42.1 Å². The second-order valence-electron chi connectivity index (χ2n) is 4.12. The number of nitrogens with zero attached hydrogens (tertiary/aromatic N) is 3. The number of amides is 1. The van der Waals surface area contributed by atoms with E-state index in [0.717, 1.165) is 16.0 Å². The van der Waals surface area contributed by atoms with Crippen molar-refractivity contribution in [2.45, 2.75) is 6.54 Å². The monoisotopic (exact) mass is 272 g/mol. The predicted molar refractivity (Wildman–Crippen MR) is 74.0 cm³/mol. The van der Waals surface area contributed by atoms with Crippen LogP contribution in [0.3, 0.4) is 0 Å². The molecule has 0 spiro atoms. The topological polar surface area (TPSA) is 59.8 Å². The quantitative estimate of drug-likeness (QED) is 0.793. The Morgan fingerprint density at radius 3 is 3.00 bits per heavy atom. The highest BCUT2D eigenvalue weighted by Crippen LogP contribution is 2.21. The second kappa shape index (κ2) is 4.81. The van der Waals surface area contributed by atoms with Crippen LogP contribution in [0.25, 0.3) is 10.2 Å². The standard InChI is InChI=1S/C13H12N4OS/c1-17-7-6-14-11(17)8-15-12(18)13-16-9-4-2-3-5-10(9)19-13/h2-7H,8H2,1H3,(H,15,18). The molecule has 0 aliphatic heterocycles. The summed E-state index contributed by atoms with van der Waals surface area (Å²) in [6.45, 7) is 0.401. The van der Waals surface area contributed by atoms with Crippen molar-refractivity contribution in [3.05, 3.63) is 47.5 Å². The molecule has 2 heterocycles. The first kappa shape index (κ1) is 11.9. The molecule has 0 aliphatic rings. The number of thiazole rings is 1. The van der Waals surface area contributed by atoms with E-state index in [9.17, 15) is 4.79 Å². The maximum Gasteiger partial charge on any atom is 0.280 e. The molecule has 0 radical (unpaired) electrons. The lowest BCUT2D eigenvalue weighted by Crippen LogP contribution is -2.24. The maximum atomic E-state index is 12.0. The van der Waals surface area contributed by atoms with Crippen molar-refractivity contribution in [2.24, 2.45) is 7.05 Å². The molecule has 96 valence electrons. The number of rotatable bonds is 3. The third-order valence-electron chi connectivity index (χ3n) is 2.82. The van der Waals surface area contributed by atoms with Gasteiger partial charge in [0.2, 0.25) is 0 Å². The van der Waals surface area contributed by atoms with Crippen LogP contribution in [-0.2, 0) is 13.6 Å². The maximum absolute atomic E-state index is 12.0. The smallest absolute Gasteiger partial charge is 0.280 e. The highest BCUT2D eigenvalue weighted by Gasteiger charge is 2.12. The minimum atomic E-state index is -0.163. The molecular formula is C13H12N4OS. The molecule has 0 unspecified atom stereocenters. The van der Waals surface area contributed by atoms with E-state index in [1.165, 1.54) is 11.3 Å². The van der Waals surface area contributed by atoms with Crippen molar-refractivity contribution in [1.29, 1.82) is 0 Å². The molecule has 3 aromatic rings. The lowest BCUT2D eigenvalue weighted by molar-refractivity contribution is 0.0949. The number of nitrogens with one attached hydrogen (secondary N) is 1. The number of carbonyl (C=O) groups is 1. The molecule has 0 fully saturated rings. The number of imidazole rings is 1. The third kappa shape index (κ3) is 2.34. The van der Waals surface area contributed by atoms with Crippen LogP contribution in [0.4, 0.5) is 0 Å². The Morgan fingerprint density at radius 1 is 1.42 bits per heavy atom. The zero-order valence-electron chi connectivity index (χ0n) is 10.3. The van der Waals surface area contributed by atoms with Gasteiger partial charge in [0, 0.05) is 19.4 Å². The zero-order valence-corrected chi connectivity index (χ0v) is 11.1. The molecule has 1 N–H and O–H groups in total. The lowest BCUT2D eigenvalue weighted by atomic mass is 10.3. The van der Waals surface area contributed by atoms with Gasteiger partial charge in [-0.2, -0.15) is 0 Å². The van der Waals surface area contributed by atoms with E-state index in [2.05, 4.69) is 15.3 Å². The number of hydrogen-bond acceptors (Lipinski definition) is 4. The summed E-state index contributed by atoms with van der Waals surface area (Å²) in [5.74, 6) is 0.652. The number of aryl methyl sites for hydroxylation is 1. The zero-order chi connectivity index (χ0) is 13.2. The summed E-state index contributed by atoms with van der Waals surface area (Å²) >= 11 is 1.40. The van der Waals surface area contributed by atoms with Crippen LogP contribution in [0, 0.1) is 0 Å². The minimum Gasteiger partial charge on any atom is -0.343 e. The second-order valence-corrected chi connectivity index (χ2v) is 5.15.